The SMILES string of the molecule is COc1cc(NC(=O)CN2CCC(C)CC2)ccc1[N+](=O)[O-]. The number of amides is 1. The van der Waals surface area contributed by atoms with Gasteiger partial charge in [0.05, 0.1) is 18.6 Å². The summed E-state index contributed by atoms with van der Waals surface area (Å²) < 4.78 is 4.99. The quantitative estimate of drug-likeness (QED) is 0.666. The van der Waals surface area contributed by atoms with Crippen molar-refractivity contribution >= 4 is 17.3 Å². The van der Waals surface area contributed by atoms with Crippen LogP contribution in [0.3, 0.4) is 0 Å². The molecule has 0 bridgehead atoms. The lowest BCUT2D eigenvalue weighted by atomic mass is 9.99. The molecule has 1 amide bonds. The van der Waals surface area contributed by atoms with Gasteiger partial charge in [0.15, 0.2) is 5.75 Å². The van der Waals surface area contributed by atoms with Gasteiger partial charge in [0, 0.05) is 17.8 Å². The van der Waals surface area contributed by atoms with Crippen molar-refractivity contribution in [1.82, 2.24) is 4.90 Å². The van der Waals surface area contributed by atoms with Crippen LogP contribution in [-0.4, -0.2) is 42.5 Å². The lowest BCUT2D eigenvalue weighted by Gasteiger charge is -2.29. The number of nitrogens with one attached hydrogen (secondary N) is 1. The number of hydrogen-bond donors (Lipinski definition) is 1. The van der Waals surface area contributed by atoms with Crippen molar-refractivity contribution in [3.63, 3.8) is 0 Å². The molecule has 0 unspecified atom stereocenters. The minimum atomic E-state index is -0.515. The third-order valence-electron chi connectivity index (χ3n) is 3.90. The van der Waals surface area contributed by atoms with Gasteiger partial charge in [-0.2, -0.15) is 0 Å². The normalized spacial score (nSPS) is 16.3. The van der Waals surface area contributed by atoms with E-state index in [9.17, 15) is 14.9 Å². The van der Waals surface area contributed by atoms with Gasteiger partial charge in [0.2, 0.25) is 5.91 Å². The van der Waals surface area contributed by atoms with Crippen LogP contribution in [-0.2, 0) is 4.79 Å². The minimum Gasteiger partial charge on any atom is -0.490 e. The van der Waals surface area contributed by atoms with Gasteiger partial charge < -0.3 is 10.1 Å². The highest BCUT2D eigenvalue weighted by atomic mass is 16.6. The van der Waals surface area contributed by atoms with E-state index in [4.69, 9.17) is 4.74 Å². The fourth-order valence-corrected chi connectivity index (χ4v) is 2.53. The maximum Gasteiger partial charge on any atom is 0.311 e. The van der Waals surface area contributed by atoms with Crippen LogP contribution < -0.4 is 10.1 Å². The highest BCUT2D eigenvalue weighted by Gasteiger charge is 2.19. The molecule has 1 aliphatic rings. The number of methoxy groups -OCH3 is 1. The molecular weight excluding hydrogens is 286 g/mol. The van der Waals surface area contributed by atoms with Crippen molar-refractivity contribution < 1.29 is 14.5 Å². The van der Waals surface area contributed by atoms with E-state index in [1.54, 1.807) is 0 Å². The van der Waals surface area contributed by atoms with Crippen LogP contribution in [0.15, 0.2) is 18.2 Å². The van der Waals surface area contributed by atoms with Gasteiger partial charge in [-0.05, 0) is 37.9 Å². The Balaban J connectivity index is 1.95. The van der Waals surface area contributed by atoms with Crippen molar-refractivity contribution in [3.8, 4) is 5.75 Å². The number of anilines is 1. The molecule has 22 heavy (non-hydrogen) atoms. The van der Waals surface area contributed by atoms with Gasteiger partial charge in [0.1, 0.15) is 0 Å². The number of rotatable bonds is 5. The summed E-state index contributed by atoms with van der Waals surface area (Å²) in [5.41, 5.74) is 0.378. The minimum absolute atomic E-state index is 0.120. The summed E-state index contributed by atoms with van der Waals surface area (Å²) in [5.74, 6) is 0.735. The average Bonchev–Trinajstić information content (AvgIpc) is 2.49. The monoisotopic (exact) mass is 307 g/mol. The van der Waals surface area contributed by atoms with Crippen LogP contribution in [0.2, 0.25) is 0 Å². The molecule has 1 aromatic carbocycles. The van der Waals surface area contributed by atoms with Gasteiger partial charge in [-0.25, -0.2) is 0 Å². The van der Waals surface area contributed by atoms with Crippen LogP contribution in [0.25, 0.3) is 0 Å². The molecular formula is C15H21N3O4. The topological polar surface area (TPSA) is 84.7 Å². The van der Waals surface area contributed by atoms with E-state index in [-0.39, 0.29) is 17.3 Å². The van der Waals surface area contributed by atoms with E-state index in [2.05, 4.69) is 17.1 Å². The summed E-state index contributed by atoms with van der Waals surface area (Å²) >= 11 is 0. The highest BCUT2D eigenvalue weighted by Crippen LogP contribution is 2.29. The maximum atomic E-state index is 12.1. The molecule has 120 valence electrons. The number of likely N-dealkylation sites (tertiary alicyclic amines) is 1. The standard InChI is InChI=1S/C15H21N3O4/c1-11-5-7-17(8-6-11)10-15(19)16-12-3-4-13(18(20)21)14(9-12)22-2/h3-4,9,11H,5-8,10H2,1-2H3,(H,16,19). The molecule has 1 saturated heterocycles. The Kier molecular flexibility index (Phi) is 5.32. The lowest BCUT2D eigenvalue weighted by Crippen LogP contribution is -2.38. The number of nitrogens with zero attached hydrogens (tertiary/aromatic N) is 2. The zero-order valence-corrected chi connectivity index (χ0v) is 12.9. The molecule has 0 aromatic heterocycles. The van der Waals surface area contributed by atoms with Crippen molar-refractivity contribution in [2.75, 3.05) is 32.1 Å². The second-order valence-electron chi connectivity index (χ2n) is 5.65. The Morgan fingerprint density at radius 3 is 2.73 bits per heavy atom. The number of nitro groups is 1. The largest absolute Gasteiger partial charge is 0.490 e. The molecule has 0 saturated carbocycles. The summed E-state index contributed by atoms with van der Waals surface area (Å²) in [7, 11) is 1.36. The first-order valence-electron chi connectivity index (χ1n) is 7.34. The first kappa shape index (κ1) is 16.2. The van der Waals surface area contributed by atoms with E-state index in [0.29, 0.717) is 12.2 Å². The number of hydrogen-bond acceptors (Lipinski definition) is 5. The van der Waals surface area contributed by atoms with Crippen LogP contribution in [0.5, 0.6) is 5.75 Å². The third-order valence-corrected chi connectivity index (χ3v) is 3.90. The number of benzene rings is 1. The highest BCUT2D eigenvalue weighted by molar-refractivity contribution is 5.92. The molecule has 1 fully saturated rings. The molecule has 1 N–H and O–H groups in total. The summed E-state index contributed by atoms with van der Waals surface area (Å²) in [6, 6.07) is 4.31. The van der Waals surface area contributed by atoms with Crippen molar-refractivity contribution in [2.45, 2.75) is 19.8 Å². The molecule has 1 heterocycles. The molecule has 2 rings (SSSR count). The summed E-state index contributed by atoms with van der Waals surface area (Å²) in [4.78, 5) is 24.5. The summed E-state index contributed by atoms with van der Waals surface area (Å²) in [5, 5.41) is 13.6. The van der Waals surface area contributed by atoms with E-state index in [1.807, 2.05) is 0 Å². The number of nitro benzene ring substituents is 1. The lowest BCUT2D eigenvalue weighted by molar-refractivity contribution is -0.385. The second-order valence-corrected chi connectivity index (χ2v) is 5.65. The fraction of sp³-hybridized carbons (Fsp3) is 0.533. The van der Waals surface area contributed by atoms with Crippen LogP contribution in [0.4, 0.5) is 11.4 Å². The fourth-order valence-electron chi connectivity index (χ4n) is 2.53. The molecule has 1 aliphatic heterocycles. The first-order chi connectivity index (χ1) is 10.5. The number of piperidine rings is 1. The Morgan fingerprint density at radius 2 is 2.14 bits per heavy atom. The summed E-state index contributed by atoms with van der Waals surface area (Å²) in [6.45, 7) is 4.42. The summed E-state index contributed by atoms with van der Waals surface area (Å²) in [6.07, 6.45) is 2.22. The zero-order valence-electron chi connectivity index (χ0n) is 12.9. The van der Waals surface area contributed by atoms with E-state index >= 15 is 0 Å². The smallest absolute Gasteiger partial charge is 0.311 e. The van der Waals surface area contributed by atoms with Crippen LogP contribution >= 0.6 is 0 Å². The van der Waals surface area contributed by atoms with E-state index in [0.717, 1.165) is 31.8 Å². The van der Waals surface area contributed by atoms with Gasteiger partial charge in [-0.1, -0.05) is 6.92 Å². The predicted octanol–water partition coefficient (Wildman–Crippen LogP) is 2.27. The molecule has 1 aromatic rings. The predicted molar refractivity (Wildman–Crippen MR) is 83.1 cm³/mol. The third kappa shape index (κ3) is 4.17. The van der Waals surface area contributed by atoms with Crippen molar-refractivity contribution in [3.05, 3.63) is 28.3 Å². The number of carbonyl (C=O) groups excluding carboxylic acids is 1. The first-order valence-corrected chi connectivity index (χ1v) is 7.34. The number of ether oxygens (including phenoxy) is 1. The molecule has 0 aliphatic carbocycles. The average molecular weight is 307 g/mol. The van der Waals surface area contributed by atoms with Gasteiger partial charge in [-0.15, -0.1) is 0 Å². The van der Waals surface area contributed by atoms with E-state index < -0.39 is 4.92 Å². The maximum absolute atomic E-state index is 12.1. The molecule has 0 radical (unpaired) electrons. The van der Waals surface area contributed by atoms with E-state index in [1.165, 1.54) is 25.3 Å². The van der Waals surface area contributed by atoms with Crippen LogP contribution in [0, 0.1) is 16.0 Å². The van der Waals surface area contributed by atoms with Crippen molar-refractivity contribution in [1.29, 1.82) is 0 Å². The Bertz CT molecular complexity index is 554. The molecule has 7 nitrogen and oxygen atoms in total. The van der Waals surface area contributed by atoms with Crippen LogP contribution in [0.1, 0.15) is 19.8 Å². The second kappa shape index (κ2) is 7.22. The Morgan fingerprint density at radius 1 is 1.45 bits per heavy atom. The van der Waals surface area contributed by atoms with Gasteiger partial charge >= 0.3 is 5.69 Å². The molecule has 7 heteroatoms. The van der Waals surface area contributed by atoms with Crippen molar-refractivity contribution in [2.24, 2.45) is 5.92 Å². The van der Waals surface area contributed by atoms with Gasteiger partial charge in [-0.3, -0.25) is 19.8 Å². The Labute approximate surface area is 129 Å². The molecule has 0 atom stereocenters. The number of carbonyl (C=O) groups is 1. The zero-order chi connectivity index (χ0) is 16.1. The molecule has 0 spiro atoms. The Hall–Kier alpha value is -2.15. The van der Waals surface area contributed by atoms with Gasteiger partial charge in [0.25, 0.3) is 0 Å².